The molecule has 158 valence electrons. The number of ether oxygens (including phenoxy) is 1. The van der Waals surface area contributed by atoms with E-state index in [9.17, 15) is 13.2 Å². The summed E-state index contributed by atoms with van der Waals surface area (Å²) in [6.45, 7) is 0.585. The number of hydrogen-bond acceptors (Lipinski definition) is 3. The van der Waals surface area contributed by atoms with Gasteiger partial charge in [-0.1, -0.05) is 30.3 Å². The van der Waals surface area contributed by atoms with Crippen LogP contribution in [0, 0.1) is 0 Å². The van der Waals surface area contributed by atoms with Crippen LogP contribution in [0.3, 0.4) is 0 Å². The molecule has 0 fully saturated rings. The highest BCUT2D eigenvalue weighted by Gasteiger charge is 2.29. The normalized spacial score (nSPS) is 11.5. The molecule has 31 heavy (non-hydrogen) atoms. The van der Waals surface area contributed by atoms with Gasteiger partial charge in [0.1, 0.15) is 5.75 Å². The van der Waals surface area contributed by atoms with E-state index in [4.69, 9.17) is 9.72 Å². The van der Waals surface area contributed by atoms with Crippen LogP contribution in [0.15, 0.2) is 78.9 Å². The van der Waals surface area contributed by atoms with Gasteiger partial charge in [-0.15, -0.1) is 0 Å². The maximum atomic E-state index is 12.7. The van der Waals surface area contributed by atoms with Crippen molar-refractivity contribution in [3.63, 3.8) is 0 Å². The molecular weight excluding hydrogens is 401 g/mol. The highest BCUT2D eigenvalue weighted by molar-refractivity contribution is 5.93. The van der Waals surface area contributed by atoms with Crippen LogP contribution in [0.2, 0.25) is 0 Å². The van der Waals surface area contributed by atoms with Crippen molar-refractivity contribution >= 4 is 16.6 Å². The zero-order valence-corrected chi connectivity index (χ0v) is 16.9. The van der Waals surface area contributed by atoms with E-state index < -0.39 is 11.7 Å². The highest BCUT2D eigenvalue weighted by atomic mass is 19.4. The van der Waals surface area contributed by atoms with Crippen molar-refractivity contribution < 1.29 is 17.9 Å². The Labute approximate surface area is 178 Å². The Morgan fingerprint density at radius 2 is 1.61 bits per heavy atom. The molecule has 0 aliphatic heterocycles. The number of pyridine rings is 1. The average Bonchev–Trinajstić information content (AvgIpc) is 2.79. The molecule has 4 aromatic rings. The predicted octanol–water partition coefficient (Wildman–Crippen LogP) is 6.58. The van der Waals surface area contributed by atoms with Crippen LogP contribution < -0.4 is 10.1 Å². The third-order valence-electron chi connectivity index (χ3n) is 5.11. The molecule has 0 saturated heterocycles. The van der Waals surface area contributed by atoms with Gasteiger partial charge in [-0.25, -0.2) is 4.98 Å². The lowest BCUT2D eigenvalue weighted by Crippen LogP contribution is -2.07. The lowest BCUT2D eigenvalue weighted by molar-refractivity contribution is -0.137. The smallest absolute Gasteiger partial charge is 0.416 e. The zero-order chi connectivity index (χ0) is 21.8. The Morgan fingerprint density at radius 1 is 0.903 bits per heavy atom. The lowest BCUT2D eigenvalue weighted by Gasteiger charge is -2.13. The molecule has 0 unspecified atom stereocenters. The number of aromatic nitrogens is 1. The van der Waals surface area contributed by atoms with E-state index in [1.807, 2.05) is 54.6 Å². The third kappa shape index (κ3) is 4.79. The summed E-state index contributed by atoms with van der Waals surface area (Å²) in [5.41, 5.74) is 3.81. The first kappa shape index (κ1) is 20.7. The second-order valence-electron chi connectivity index (χ2n) is 7.17. The van der Waals surface area contributed by atoms with Crippen molar-refractivity contribution in [1.82, 2.24) is 4.98 Å². The van der Waals surface area contributed by atoms with Crippen LogP contribution in [0.25, 0.3) is 22.2 Å². The first-order valence-corrected chi connectivity index (χ1v) is 9.88. The number of hydrogen-bond donors (Lipinski definition) is 1. The van der Waals surface area contributed by atoms with Gasteiger partial charge < -0.3 is 10.1 Å². The maximum absolute atomic E-state index is 12.7. The number of nitrogens with one attached hydrogen (secondary N) is 1. The third-order valence-corrected chi connectivity index (χ3v) is 5.11. The van der Waals surface area contributed by atoms with Gasteiger partial charge in [-0.3, -0.25) is 0 Å². The maximum Gasteiger partial charge on any atom is 0.416 e. The van der Waals surface area contributed by atoms with Crippen molar-refractivity contribution in [3.8, 4) is 17.0 Å². The van der Waals surface area contributed by atoms with E-state index in [1.54, 1.807) is 7.11 Å². The van der Waals surface area contributed by atoms with Crippen molar-refractivity contribution in [2.24, 2.45) is 0 Å². The number of anilines is 1. The van der Waals surface area contributed by atoms with Crippen LogP contribution in [-0.2, 0) is 12.6 Å². The molecule has 4 rings (SSSR count). The fourth-order valence-electron chi connectivity index (χ4n) is 3.43. The summed E-state index contributed by atoms with van der Waals surface area (Å²) in [6.07, 6.45) is -3.71. The minimum Gasteiger partial charge on any atom is -0.497 e. The Bertz CT molecular complexity index is 1170. The van der Waals surface area contributed by atoms with E-state index in [-0.39, 0.29) is 0 Å². The zero-order valence-electron chi connectivity index (χ0n) is 16.9. The van der Waals surface area contributed by atoms with Crippen LogP contribution >= 0.6 is 0 Å². The first-order chi connectivity index (χ1) is 14.9. The number of rotatable bonds is 6. The number of benzene rings is 3. The Morgan fingerprint density at radius 3 is 2.29 bits per heavy atom. The molecule has 1 N–H and O–H groups in total. The summed E-state index contributed by atoms with van der Waals surface area (Å²) in [6, 6.07) is 22.9. The molecule has 0 radical (unpaired) electrons. The molecule has 0 spiro atoms. The van der Waals surface area contributed by atoms with Gasteiger partial charge in [0, 0.05) is 23.2 Å². The van der Waals surface area contributed by atoms with Gasteiger partial charge in [0.25, 0.3) is 0 Å². The summed E-state index contributed by atoms with van der Waals surface area (Å²) in [5.74, 6) is 0.777. The number of alkyl halides is 3. The SMILES string of the molecule is COc1ccc(-c2cc(NCCc3ccc(C(F)(F)F)cc3)c3ccccc3n2)cc1. The number of para-hydroxylation sites is 1. The average molecular weight is 422 g/mol. The summed E-state index contributed by atoms with van der Waals surface area (Å²) in [7, 11) is 1.63. The van der Waals surface area contributed by atoms with Gasteiger partial charge >= 0.3 is 6.18 Å². The molecule has 1 heterocycles. The van der Waals surface area contributed by atoms with Gasteiger partial charge in [-0.2, -0.15) is 13.2 Å². The van der Waals surface area contributed by atoms with E-state index in [2.05, 4.69) is 5.32 Å². The monoisotopic (exact) mass is 422 g/mol. The number of nitrogens with zero attached hydrogens (tertiary/aromatic N) is 1. The summed E-state index contributed by atoms with van der Waals surface area (Å²) in [4.78, 5) is 4.77. The lowest BCUT2D eigenvalue weighted by atomic mass is 10.1. The minimum atomic E-state index is -4.31. The Kier molecular flexibility index (Phi) is 5.80. The topological polar surface area (TPSA) is 34.1 Å². The van der Waals surface area contributed by atoms with Gasteiger partial charge in [0.15, 0.2) is 0 Å². The van der Waals surface area contributed by atoms with E-state index in [1.165, 1.54) is 12.1 Å². The van der Waals surface area contributed by atoms with E-state index >= 15 is 0 Å². The van der Waals surface area contributed by atoms with E-state index in [0.29, 0.717) is 13.0 Å². The Hall–Kier alpha value is -3.54. The molecule has 0 amide bonds. The van der Waals surface area contributed by atoms with E-state index in [0.717, 1.165) is 51.3 Å². The molecule has 6 heteroatoms. The molecule has 0 bridgehead atoms. The van der Waals surface area contributed by atoms with Gasteiger partial charge in [0.05, 0.1) is 23.9 Å². The molecule has 0 aliphatic carbocycles. The fraction of sp³-hybridized carbons (Fsp3) is 0.160. The van der Waals surface area contributed by atoms with Crippen LogP contribution in [0.4, 0.5) is 18.9 Å². The van der Waals surface area contributed by atoms with Crippen LogP contribution in [0.1, 0.15) is 11.1 Å². The highest BCUT2D eigenvalue weighted by Crippen LogP contribution is 2.30. The second kappa shape index (κ2) is 8.68. The standard InChI is InChI=1S/C25H21F3N2O/c1-31-20-12-8-18(9-13-20)23-16-24(21-4-2-3-5-22(21)30-23)29-15-14-17-6-10-19(11-7-17)25(26,27)28/h2-13,16H,14-15H2,1H3,(H,29,30). The van der Waals surface area contributed by atoms with Crippen molar-refractivity contribution in [1.29, 1.82) is 0 Å². The molecule has 0 saturated carbocycles. The quantitative estimate of drug-likeness (QED) is 0.381. The largest absolute Gasteiger partial charge is 0.497 e. The predicted molar refractivity (Wildman–Crippen MR) is 117 cm³/mol. The van der Waals surface area contributed by atoms with Crippen molar-refractivity contribution in [2.45, 2.75) is 12.6 Å². The first-order valence-electron chi connectivity index (χ1n) is 9.88. The van der Waals surface area contributed by atoms with Gasteiger partial charge in [-0.05, 0) is 60.5 Å². The Balaban J connectivity index is 1.55. The molecule has 1 aromatic heterocycles. The van der Waals surface area contributed by atoms with Crippen molar-refractivity contribution in [2.75, 3.05) is 19.0 Å². The fourth-order valence-corrected chi connectivity index (χ4v) is 3.43. The molecule has 0 atom stereocenters. The number of methoxy groups -OCH3 is 1. The number of fused-ring (bicyclic) bond motifs is 1. The van der Waals surface area contributed by atoms with Crippen LogP contribution in [-0.4, -0.2) is 18.6 Å². The van der Waals surface area contributed by atoms with Crippen molar-refractivity contribution in [3.05, 3.63) is 90.0 Å². The molecule has 3 nitrogen and oxygen atoms in total. The second-order valence-corrected chi connectivity index (χ2v) is 7.17. The number of halogens is 3. The molecular formula is C25H21F3N2O. The molecule has 3 aromatic carbocycles. The summed E-state index contributed by atoms with van der Waals surface area (Å²) >= 11 is 0. The van der Waals surface area contributed by atoms with Gasteiger partial charge in [0.2, 0.25) is 0 Å². The minimum absolute atomic E-state index is 0.585. The summed E-state index contributed by atoms with van der Waals surface area (Å²) < 4.78 is 43.4. The molecule has 0 aliphatic rings. The summed E-state index contributed by atoms with van der Waals surface area (Å²) in [5, 5.41) is 4.42. The van der Waals surface area contributed by atoms with Crippen LogP contribution in [0.5, 0.6) is 5.75 Å².